The number of ether oxygens (including phenoxy) is 1. The Labute approximate surface area is 194 Å². The molecule has 1 aromatic rings. The first-order valence-electron chi connectivity index (χ1n) is 12.6. The van der Waals surface area contributed by atoms with Gasteiger partial charge in [-0.3, -0.25) is 4.79 Å². The predicted molar refractivity (Wildman–Crippen MR) is 128 cm³/mol. The molecular weight excluding hydrogens is 400 g/mol. The number of likely N-dealkylation sites (N-methyl/N-ethyl adjacent to an activating group) is 1. The van der Waals surface area contributed by atoms with Crippen LogP contribution in [0.4, 0.5) is 0 Å². The number of hydrogen-bond donors (Lipinski definition) is 1. The fourth-order valence-electron chi connectivity index (χ4n) is 6.56. The molecule has 32 heavy (non-hydrogen) atoms. The zero-order valence-corrected chi connectivity index (χ0v) is 20.6. The number of fused-ring (bicyclic) bond motifs is 2. The summed E-state index contributed by atoms with van der Waals surface area (Å²) in [6.45, 7) is 10.7. The van der Waals surface area contributed by atoms with Crippen LogP contribution < -0.4 is 0 Å². The van der Waals surface area contributed by atoms with E-state index in [1.54, 1.807) is 0 Å². The van der Waals surface area contributed by atoms with Gasteiger partial charge < -0.3 is 19.6 Å². The zero-order valence-electron chi connectivity index (χ0n) is 20.6. The Morgan fingerprint density at radius 1 is 1.12 bits per heavy atom. The normalized spacial score (nSPS) is 36.7. The van der Waals surface area contributed by atoms with E-state index >= 15 is 0 Å². The molecule has 3 heterocycles. The van der Waals surface area contributed by atoms with Crippen molar-refractivity contribution >= 4 is 5.91 Å². The third-order valence-corrected chi connectivity index (χ3v) is 8.49. The highest BCUT2D eigenvalue weighted by Crippen LogP contribution is 2.50. The summed E-state index contributed by atoms with van der Waals surface area (Å²) >= 11 is 0. The van der Waals surface area contributed by atoms with E-state index in [-0.39, 0.29) is 23.5 Å². The molecule has 178 valence electrons. The molecule has 3 aliphatic rings. The van der Waals surface area contributed by atoms with Crippen LogP contribution in [0, 0.1) is 5.92 Å². The second kappa shape index (κ2) is 9.08. The lowest BCUT2D eigenvalue weighted by Gasteiger charge is -2.49. The van der Waals surface area contributed by atoms with Gasteiger partial charge in [0, 0.05) is 19.0 Å². The lowest BCUT2D eigenvalue weighted by atomic mass is 9.74. The van der Waals surface area contributed by atoms with Crippen molar-refractivity contribution in [2.24, 2.45) is 5.92 Å². The van der Waals surface area contributed by atoms with Gasteiger partial charge in [-0.2, -0.15) is 0 Å². The van der Waals surface area contributed by atoms with Crippen LogP contribution in [0.15, 0.2) is 30.3 Å². The van der Waals surface area contributed by atoms with Gasteiger partial charge in [-0.05, 0) is 90.8 Å². The van der Waals surface area contributed by atoms with E-state index in [0.29, 0.717) is 12.0 Å². The number of piperidine rings is 1. The van der Waals surface area contributed by atoms with E-state index in [0.717, 1.165) is 51.6 Å². The first-order chi connectivity index (χ1) is 15.1. The van der Waals surface area contributed by atoms with Gasteiger partial charge in [0.15, 0.2) is 0 Å². The largest absolute Gasteiger partial charge is 0.388 e. The third kappa shape index (κ3) is 4.62. The molecule has 1 amide bonds. The van der Waals surface area contributed by atoms with Crippen LogP contribution in [-0.2, 0) is 9.53 Å². The summed E-state index contributed by atoms with van der Waals surface area (Å²) in [6.07, 6.45) is 4.49. The molecular formula is C27H42N2O3. The molecule has 0 aliphatic carbocycles. The SMILES string of the molecule is CC(C)N1CCC(C(=O)N(C)[C@@H]2CC[C@@]3(C)C[C@H](c4ccccc4)C[C@](C)(O3)[C@H]2O)CC1. The summed E-state index contributed by atoms with van der Waals surface area (Å²) in [5.41, 5.74) is 0.375. The molecule has 3 saturated heterocycles. The monoisotopic (exact) mass is 442 g/mol. The Kier molecular flexibility index (Phi) is 6.73. The zero-order chi connectivity index (χ0) is 23.1. The fraction of sp³-hybridized carbons (Fsp3) is 0.741. The number of benzene rings is 1. The minimum absolute atomic E-state index is 0.0613. The summed E-state index contributed by atoms with van der Waals surface area (Å²) in [5, 5.41) is 11.6. The van der Waals surface area contributed by atoms with Gasteiger partial charge in [0.1, 0.15) is 6.10 Å². The molecule has 3 aliphatic heterocycles. The van der Waals surface area contributed by atoms with E-state index in [1.807, 2.05) is 11.9 Å². The Balaban J connectivity index is 1.50. The summed E-state index contributed by atoms with van der Waals surface area (Å²) < 4.78 is 6.64. The van der Waals surface area contributed by atoms with Crippen molar-refractivity contribution in [2.45, 2.75) is 102 Å². The number of carbonyl (C=O) groups excluding carboxylic acids is 1. The van der Waals surface area contributed by atoms with Crippen LogP contribution in [0.25, 0.3) is 0 Å². The van der Waals surface area contributed by atoms with E-state index in [2.05, 4.69) is 62.9 Å². The van der Waals surface area contributed by atoms with Gasteiger partial charge in [-0.15, -0.1) is 0 Å². The smallest absolute Gasteiger partial charge is 0.225 e. The molecule has 5 nitrogen and oxygen atoms in total. The van der Waals surface area contributed by atoms with E-state index in [1.165, 1.54) is 5.56 Å². The summed E-state index contributed by atoms with van der Waals surface area (Å²) in [4.78, 5) is 17.8. The lowest BCUT2D eigenvalue weighted by Crippen LogP contribution is -2.58. The van der Waals surface area contributed by atoms with E-state index in [4.69, 9.17) is 4.74 Å². The Hall–Kier alpha value is -1.43. The van der Waals surface area contributed by atoms with Gasteiger partial charge in [-0.1, -0.05) is 30.3 Å². The van der Waals surface area contributed by atoms with Crippen molar-refractivity contribution in [3.05, 3.63) is 35.9 Å². The number of hydrogen-bond acceptors (Lipinski definition) is 4. The predicted octanol–water partition coefficient (Wildman–Crippen LogP) is 4.20. The lowest BCUT2D eigenvalue weighted by molar-refractivity contribution is -0.216. The molecule has 0 spiro atoms. The van der Waals surface area contributed by atoms with Crippen LogP contribution in [0.5, 0.6) is 0 Å². The standard InChI is InChI=1S/C27H42N2O3/c1-19(2)29-15-12-21(13-16-29)25(31)28(5)23-11-14-26(3)17-22(20-9-7-6-8-10-20)18-27(4,32-26)24(23)30/h6-10,19,21-24,30H,11-18H2,1-5H3/t22-,23+,24-,26-,27-/m0/s1. The highest BCUT2D eigenvalue weighted by Gasteiger charge is 2.54. The summed E-state index contributed by atoms with van der Waals surface area (Å²) in [7, 11) is 1.90. The Morgan fingerprint density at radius 2 is 1.78 bits per heavy atom. The van der Waals surface area contributed by atoms with Crippen LogP contribution in [0.2, 0.25) is 0 Å². The average molecular weight is 443 g/mol. The minimum atomic E-state index is -0.694. The third-order valence-electron chi connectivity index (χ3n) is 8.49. The van der Waals surface area contributed by atoms with Crippen molar-refractivity contribution < 1.29 is 14.6 Å². The number of likely N-dealkylation sites (tertiary alicyclic amines) is 1. The molecule has 0 aromatic heterocycles. The van der Waals surface area contributed by atoms with Gasteiger partial charge in [0.2, 0.25) is 5.91 Å². The maximum Gasteiger partial charge on any atom is 0.225 e. The fourth-order valence-corrected chi connectivity index (χ4v) is 6.56. The molecule has 3 fully saturated rings. The number of rotatable bonds is 4. The van der Waals surface area contributed by atoms with Gasteiger partial charge in [0.05, 0.1) is 17.2 Å². The molecule has 0 radical (unpaired) electrons. The molecule has 4 rings (SSSR count). The quantitative estimate of drug-likeness (QED) is 0.759. The van der Waals surface area contributed by atoms with Crippen molar-refractivity contribution in [1.82, 2.24) is 9.80 Å². The molecule has 2 bridgehead atoms. The van der Waals surface area contributed by atoms with Crippen LogP contribution in [0.1, 0.15) is 77.7 Å². The molecule has 0 unspecified atom stereocenters. The Bertz CT molecular complexity index is 791. The maximum absolute atomic E-state index is 13.4. The summed E-state index contributed by atoms with van der Waals surface area (Å²) in [6, 6.07) is 10.9. The van der Waals surface area contributed by atoms with Gasteiger partial charge in [-0.25, -0.2) is 0 Å². The van der Waals surface area contributed by atoms with Crippen LogP contribution >= 0.6 is 0 Å². The number of nitrogens with zero attached hydrogens (tertiary/aromatic N) is 2. The second-order valence-corrected chi connectivity index (χ2v) is 11.3. The number of aliphatic hydroxyl groups is 1. The summed E-state index contributed by atoms with van der Waals surface area (Å²) in [5.74, 6) is 0.614. The maximum atomic E-state index is 13.4. The number of amides is 1. The van der Waals surface area contributed by atoms with Crippen molar-refractivity contribution in [1.29, 1.82) is 0 Å². The molecule has 5 heteroatoms. The first-order valence-corrected chi connectivity index (χ1v) is 12.6. The first kappa shape index (κ1) is 23.7. The van der Waals surface area contributed by atoms with Crippen molar-refractivity contribution in [3.63, 3.8) is 0 Å². The van der Waals surface area contributed by atoms with E-state index in [9.17, 15) is 9.90 Å². The minimum Gasteiger partial charge on any atom is -0.388 e. The van der Waals surface area contributed by atoms with Gasteiger partial charge >= 0.3 is 0 Å². The number of aliphatic hydroxyl groups excluding tert-OH is 1. The molecule has 1 N–H and O–H groups in total. The van der Waals surface area contributed by atoms with E-state index < -0.39 is 11.7 Å². The van der Waals surface area contributed by atoms with Crippen molar-refractivity contribution in [2.75, 3.05) is 20.1 Å². The molecule has 0 saturated carbocycles. The van der Waals surface area contributed by atoms with Crippen molar-refractivity contribution in [3.8, 4) is 0 Å². The second-order valence-electron chi connectivity index (χ2n) is 11.3. The molecule has 1 aromatic carbocycles. The molecule has 5 atom stereocenters. The highest BCUT2D eigenvalue weighted by molar-refractivity contribution is 5.79. The Morgan fingerprint density at radius 3 is 2.41 bits per heavy atom. The topological polar surface area (TPSA) is 53.0 Å². The highest BCUT2D eigenvalue weighted by atomic mass is 16.5. The van der Waals surface area contributed by atoms with Gasteiger partial charge in [0.25, 0.3) is 0 Å². The number of carbonyl (C=O) groups is 1. The average Bonchev–Trinajstić information content (AvgIpc) is 2.84. The van der Waals surface area contributed by atoms with Crippen LogP contribution in [-0.4, -0.2) is 70.3 Å². The van der Waals surface area contributed by atoms with Crippen LogP contribution in [0.3, 0.4) is 0 Å².